The first-order valence-electron chi connectivity index (χ1n) is 10.5. The van der Waals surface area contributed by atoms with Gasteiger partial charge in [-0.1, -0.05) is 66.7 Å². The van der Waals surface area contributed by atoms with Crippen LogP contribution in [0.1, 0.15) is 33.0 Å². The molecule has 2 heterocycles. The average molecular weight is 421 g/mol. The van der Waals surface area contributed by atoms with Crippen molar-refractivity contribution in [3.63, 3.8) is 0 Å². The molecule has 1 aliphatic heterocycles. The number of carbonyl (C=O) groups is 1. The van der Waals surface area contributed by atoms with Gasteiger partial charge in [-0.25, -0.2) is 9.79 Å². The second kappa shape index (κ2) is 6.47. The van der Waals surface area contributed by atoms with Crippen LogP contribution in [0, 0.1) is 5.92 Å². The zero-order valence-corrected chi connectivity index (χ0v) is 17.6. The minimum atomic E-state index is -0.615. The van der Waals surface area contributed by atoms with Crippen molar-refractivity contribution >= 4 is 28.1 Å². The van der Waals surface area contributed by atoms with E-state index in [9.17, 15) is 14.4 Å². The molecule has 156 valence electrons. The summed E-state index contributed by atoms with van der Waals surface area (Å²) in [6, 6.07) is 21.3. The Morgan fingerprint density at radius 2 is 1.44 bits per heavy atom. The Hall–Kier alpha value is -4.06. The fourth-order valence-electron chi connectivity index (χ4n) is 5.22. The molecule has 3 aromatic carbocycles. The van der Waals surface area contributed by atoms with E-state index in [-0.39, 0.29) is 5.78 Å². The summed E-state index contributed by atoms with van der Waals surface area (Å²) in [4.78, 5) is 44.6. The Kier molecular flexibility index (Phi) is 3.78. The fourth-order valence-corrected chi connectivity index (χ4v) is 5.22. The summed E-state index contributed by atoms with van der Waals surface area (Å²) < 4.78 is 2.51. The maximum absolute atomic E-state index is 13.7. The topological polar surface area (TPSA) is 73.4 Å². The summed E-state index contributed by atoms with van der Waals surface area (Å²) in [5, 5.41) is 2.01. The molecule has 6 rings (SSSR count). The van der Waals surface area contributed by atoms with Crippen LogP contribution in [0.4, 0.5) is 5.82 Å². The van der Waals surface area contributed by atoms with Crippen LogP contribution in [-0.2, 0) is 14.1 Å². The SMILES string of the molecule is Cn1c2c(c(=O)n(C)c1=O)[C@@H](c1cccc3ccccc13)[C@H]1C(=O)c3ccccc3C1=N2. The highest BCUT2D eigenvalue weighted by molar-refractivity contribution is 6.30. The fraction of sp³-hybridized carbons (Fsp3) is 0.154. The molecule has 0 saturated heterocycles. The Morgan fingerprint density at radius 1 is 0.750 bits per heavy atom. The van der Waals surface area contributed by atoms with Crippen LogP contribution >= 0.6 is 0 Å². The minimum Gasteiger partial charge on any atom is -0.293 e. The number of hydrogen-bond acceptors (Lipinski definition) is 4. The Bertz CT molecular complexity index is 1620. The summed E-state index contributed by atoms with van der Waals surface area (Å²) in [5.74, 6) is -0.879. The van der Waals surface area contributed by atoms with Gasteiger partial charge in [-0.05, 0) is 16.3 Å². The molecule has 6 heteroatoms. The molecule has 6 nitrogen and oxygen atoms in total. The van der Waals surface area contributed by atoms with Crippen LogP contribution in [0.5, 0.6) is 0 Å². The predicted molar refractivity (Wildman–Crippen MR) is 123 cm³/mol. The van der Waals surface area contributed by atoms with Gasteiger partial charge in [-0.15, -0.1) is 0 Å². The number of carbonyl (C=O) groups excluding carboxylic acids is 1. The number of aromatic nitrogens is 2. The van der Waals surface area contributed by atoms with Gasteiger partial charge in [-0.3, -0.25) is 18.7 Å². The molecule has 0 fully saturated rings. The molecule has 1 aromatic heterocycles. The van der Waals surface area contributed by atoms with Gasteiger partial charge in [0.2, 0.25) is 0 Å². The molecule has 2 atom stereocenters. The molecular weight excluding hydrogens is 402 g/mol. The summed E-state index contributed by atoms with van der Waals surface area (Å²) in [6.07, 6.45) is 0. The highest BCUT2D eigenvalue weighted by Gasteiger charge is 2.48. The first kappa shape index (κ1) is 18.7. The zero-order valence-electron chi connectivity index (χ0n) is 17.6. The highest BCUT2D eigenvalue weighted by atomic mass is 16.2. The molecular formula is C26H19N3O3. The maximum Gasteiger partial charge on any atom is 0.332 e. The lowest BCUT2D eigenvalue weighted by molar-refractivity contribution is 0.0953. The lowest BCUT2D eigenvalue weighted by Gasteiger charge is -2.30. The van der Waals surface area contributed by atoms with E-state index in [2.05, 4.69) is 0 Å². The number of ketones is 1. The molecule has 0 amide bonds. The number of aliphatic imine (C=N–C) groups is 1. The molecule has 0 spiro atoms. The van der Waals surface area contributed by atoms with E-state index in [0.717, 1.165) is 26.5 Å². The number of nitrogens with zero attached hydrogens (tertiary/aromatic N) is 3. The summed E-state index contributed by atoms with van der Waals surface area (Å²) >= 11 is 0. The Labute approximate surface area is 183 Å². The average Bonchev–Trinajstić information content (AvgIpc) is 3.12. The second-order valence-corrected chi connectivity index (χ2v) is 8.37. The van der Waals surface area contributed by atoms with Gasteiger partial charge in [0.1, 0.15) is 5.82 Å². The maximum atomic E-state index is 13.7. The Balaban J connectivity index is 1.78. The van der Waals surface area contributed by atoms with Gasteiger partial charge in [0, 0.05) is 31.1 Å². The molecule has 0 N–H and O–H groups in total. The van der Waals surface area contributed by atoms with Crippen molar-refractivity contribution < 1.29 is 4.79 Å². The lowest BCUT2D eigenvalue weighted by Crippen LogP contribution is -2.43. The second-order valence-electron chi connectivity index (χ2n) is 8.37. The van der Waals surface area contributed by atoms with E-state index < -0.39 is 23.1 Å². The van der Waals surface area contributed by atoms with E-state index >= 15 is 0 Å². The van der Waals surface area contributed by atoms with Gasteiger partial charge in [0.25, 0.3) is 5.56 Å². The van der Waals surface area contributed by atoms with Crippen LogP contribution in [0.15, 0.2) is 81.3 Å². The van der Waals surface area contributed by atoms with Crippen molar-refractivity contribution in [3.05, 3.63) is 110 Å². The Morgan fingerprint density at radius 3 is 2.25 bits per heavy atom. The number of fused-ring (bicyclic) bond motifs is 5. The van der Waals surface area contributed by atoms with Gasteiger partial charge < -0.3 is 0 Å². The molecule has 2 aliphatic rings. The molecule has 32 heavy (non-hydrogen) atoms. The van der Waals surface area contributed by atoms with Crippen molar-refractivity contribution in [2.75, 3.05) is 0 Å². The van der Waals surface area contributed by atoms with Crippen molar-refractivity contribution in [2.45, 2.75) is 5.92 Å². The molecule has 0 unspecified atom stereocenters. The van der Waals surface area contributed by atoms with Crippen molar-refractivity contribution in [1.29, 1.82) is 0 Å². The third-order valence-corrected chi connectivity index (χ3v) is 6.74. The third kappa shape index (κ3) is 2.29. The van der Waals surface area contributed by atoms with Crippen LogP contribution < -0.4 is 11.2 Å². The van der Waals surface area contributed by atoms with Crippen molar-refractivity contribution in [2.24, 2.45) is 25.0 Å². The first-order valence-corrected chi connectivity index (χ1v) is 10.5. The van der Waals surface area contributed by atoms with Gasteiger partial charge in [0.05, 0.1) is 17.2 Å². The molecule has 4 aromatic rings. The number of hydrogen-bond donors (Lipinski definition) is 0. The standard InChI is InChI=1S/C26H19N3O3/c1-28-24-21(25(31)29(2)26(28)32)19(16-13-7-9-14-8-3-4-10-15(14)16)20-22(27-24)17-11-5-6-12-18(17)23(20)30/h3-13,19-20H,1-2H3/t19-,20+/m0/s1. The van der Waals surface area contributed by atoms with E-state index in [1.165, 1.54) is 11.6 Å². The van der Waals surface area contributed by atoms with E-state index in [4.69, 9.17) is 4.99 Å². The van der Waals surface area contributed by atoms with Gasteiger partial charge >= 0.3 is 5.69 Å². The molecule has 0 saturated carbocycles. The molecule has 0 bridgehead atoms. The summed E-state index contributed by atoms with van der Waals surface area (Å²) in [6.45, 7) is 0. The van der Waals surface area contributed by atoms with Crippen molar-refractivity contribution in [1.82, 2.24) is 9.13 Å². The lowest BCUT2D eigenvalue weighted by atomic mass is 9.75. The number of rotatable bonds is 1. The monoisotopic (exact) mass is 421 g/mol. The molecule has 1 aliphatic carbocycles. The highest BCUT2D eigenvalue weighted by Crippen LogP contribution is 2.47. The largest absolute Gasteiger partial charge is 0.332 e. The summed E-state index contributed by atoms with van der Waals surface area (Å²) in [5.41, 5.74) is 2.43. The predicted octanol–water partition coefficient (Wildman–Crippen LogP) is 3.32. The minimum absolute atomic E-state index is 0.0427. The van der Waals surface area contributed by atoms with Crippen LogP contribution in [0.25, 0.3) is 10.8 Å². The van der Waals surface area contributed by atoms with Crippen LogP contribution in [0.3, 0.4) is 0 Å². The smallest absolute Gasteiger partial charge is 0.293 e. The van der Waals surface area contributed by atoms with Crippen molar-refractivity contribution in [3.8, 4) is 0 Å². The zero-order chi connectivity index (χ0) is 22.1. The van der Waals surface area contributed by atoms with Gasteiger partial charge in [-0.2, -0.15) is 0 Å². The molecule has 0 radical (unpaired) electrons. The number of benzene rings is 3. The summed E-state index contributed by atoms with van der Waals surface area (Å²) in [7, 11) is 3.09. The van der Waals surface area contributed by atoms with E-state index in [1.807, 2.05) is 60.7 Å². The van der Waals surface area contributed by atoms with Crippen LogP contribution in [0.2, 0.25) is 0 Å². The normalized spacial score (nSPS) is 18.8. The number of Topliss-reactive ketones (excluding diaryl/α,β-unsaturated/α-hetero) is 1. The third-order valence-electron chi connectivity index (χ3n) is 6.74. The first-order chi connectivity index (χ1) is 15.5. The van der Waals surface area contributed by atoms with Gasteiger partial charge in [0.15, 0.2) is 5.78 Å². The van der Waals surface area contributed by atoms with E-state index in [0.29, 0.717) is 22.7 Å². The van der Waals surface area contributed by atoms with E-state index in [1.54, 1.807) is 13.1 Å². The van der Waals surface area contributed by atoms with Crippen LogP contribution in [-0.4, -0.2) is 20.6 Å². The quantitative estimate of drug-likeness (QED) is 0.473.